The van der Waals surface area contributed by atoms with E-state index in [-0.39, 0.29) is 17.0 Å². The Labute approximate surface area is 192 Å². The van der Waals surface area contributed by atoms with Crippen LogP contribution in [0.1, 0.15) is 41.7 Å². The lowest BCUT2D eigenvalue weighted by Gasteiger charge is -2.35. The third-order valence-electron chi connectivity index (χ3n) is 6.76. The van der Waals surface area contributed by atoms with Gasteiger partial charge in [0.15, 0.2) is 0 Å². The molecule has 0 spiro atoms. The van der Waals surface area contributed by atoms with Gasteiger partial charge in [0, 0.05) is 49.5 Å². The molecule has 0 atom stereocenters. The molecule has 172 valence electrons. The van der Waals surface area contributed by atoms with E-state index < -0.39 is 17.2 Å². The van der Waals surface area contributed by atoms with Crippen molar-refractivity contribution in [1.29, 1.82) is 0 Å². The summed E-state index contributed by atoms with van der Waals surface area (Å²) in [4.78, 5) is 30.7. The third kappa shape index (κ3) is 4.25. The summed E-state index contributed by atoms with van der Waals surface area (Å²) in [6, 6.07) is 10.8. The lowest BCUT2D eigenvalue weighted by Crippen LogP contribution is -2.46. The van der Waals surface area contributed by atoms with Crippen LogP contribution in [0.4, 0.5) is 15.8 Å². The molecular weight excluding hydrogens is 419 g/mol. The number of piperazine rings is 1. The molecule has 1 amide bonds. The Kier molecular flexibility index (Phi) is 5.66. The van der Waals surface area contributed by atoms with Crippen molar-refractivity contribution in [1.82, 2.24) is 9.47 Å². The van der Waals surface area contributed by atoms with Gasteiger partial charge in [-0.1, -0.05) is 24.6 Å². The third-order valence-corrected chi connectivity index (χ3v) is 6.76. The van der Waals surface area contributed by atoms with Gasteiger partial charge in [0.25, 0.3) is 5.91 Å². The normalized spacial score (nSPS) is 16.9. The Morgan fingerprint density at radius 1 is 1.09 bits per heavy atom. The Morgan fingerprint density at radius 2 is 1.79 bits per heavy atom. The molecule has 3 aromatic rings. The van der Waals surface area contributed by atoms with Crippen LogP contribution in [-0.2, 0) is 0 Å². The smallest absolute Gasteiger partial charge is 0.261 e. The van der Waals surface area contributed by atoms with Gasteiger partial charge in [-0.2, -0.15) is 0 Å². The van der Waals surface area contributed by atoms with Gasteiger partial charge in [-0.15, -0.1) is 0 Å². The van der Waals surface area contributed by atoms with Gasteiger partial charge in [-0.05, 0) is 50.6 Å². The SMILES string of the molecule is CCN1CCN(c2cc3c(cc2F)c(=O)c(C(=O)Nc2ccc(C)cc2)cn3C2CC2)CC1. The van der Waals surface area contributed by atoms with Gasteiger partial charge >= 0.3 is 0 Å². The van der Waals surface area contributed by atoms with Crippen LogP contribution in [0.2, 0.25) is 0 Å². The first-order chi connectivity index (χ1) is 15.9. The van der Waals surface area contributed by atoms with Crippen molar-refractivity contribution in [3.63, 3.8) is 0 Å². The molecule has 2 aromatic carbocycles. The van der Waals surface area contributed by atoms with Crippen molar-refractivity contribution in [2.24, 2.45) is 0 Å². The van der Waals surface area contributed by atoms with Gasteiger partial charge < -0.3 is 19.7 Å². The summed E-state index contributed by atoms with van der Waals surface area (Å²) in [6.45, 7) is 8.37. The van der Waals surface area contributed by atoms with E-state index in [1.54, 1.807) is 24.4 Å². The van der Waals surface area contributed by atoms with Crippen LogP contribution in [0, 0.1) is 12.7 Å². The summed E-state index contributed by atoms with van der Waals surface area (Å²) in [5.74, 6) is -0.886. The number of hydrogen-bond donors (Lipinski definition) is 1. The molecule has 6 nitrogen and oxygen atoms in total. The predicted molar refractivity (Wildman–Crippen MR) is 130 cm³/mol. The highest BCUT2D eigenvalue weighted by molar-refractivity contribution is 6.06. The Morgan fingerprint density at radius 3 is 2.42 bits per heavy atom. The number of fused-ring (bicyclic) bond motifs is 1. The standard InChI is InChI=1S/C26H29FN4O2/c1-3-29-10-12-30(13-11-29)24-15-23-20(14-22(24)27)25(32)21(16-31(23)19-8-9-19)26(33)28-18-6-4-17(2)5-7-18/h4-7,14-16,19H,3,8-13H2,1-2H3,(H,28,33). The van der Waals surface area contributed by atoms with E-state index in [1.165, 1.54) is 6.07 Å². The zero-order valence-electron chi connectivity index (χ0n) is 19.1. The molecular formula is C26H29FN4O2. The molecule has 1 saturated heterocycles. The van der Waals surface area contributed by atoms with Gasteiger partial charge in [0.2, 0.25) is 5.43 Å². The second-order valence-corrected chi connectivity index (χ2v) is 9.07. The first-order valence-corrected chi connectivity index (χ1v) is 11.7. The quantitative estimate of drug-likeness (QED) is 0.636. The van der Waals surface area contributed by atoms with Crippen LogP contribution in [0.3, 0.4) is 0 Å². The number of aromatic nitrogens is 1. The summed E-state index contributed by atoms with van der Waals surface area (Å²) in [7, 11) is 0. The van der Waals surface area contributed by atoms with Gasteiger partial charge in [-0.3, -0.25) is 9.59 Å². The molecule has 1 aromatic heterocycles. The molecule has 0 bridgehead atoms. The van der Waals surface area contributed by atoms with Crippen molar-refractivity contribution in [2.75, 3.05) is 42.9 Å². The van der Waals surface area contributed by atoms with Crippen molar-refractivity contribution < 1.29 is 9.18 Å². The highest BCUT2D eigenvalue weighted by Gasteiger charge is 2.28. The molecule has 1 aliphatic carbocycles. The maximum Gasteiger partial charge on any atom is 0.261 e. The monoisotopic (exact) mass is 448 g/mol. The molecule has 1 saturated carbocycles. The topological polar surface area (TPSA) is 57.6 Å². The van der Waals surface area contributed by atoms with E-state index in [4.69, 9.17) is 0 Å². The Hall–Kier alpha value is -3.19. The maximum atomic E-state index is 15.2. The van der Waals surface area contributed by atoms with E-state index in [1.807, 2.05) is 23.6 Å². The highest BCUT2D eigenvalue weighted by Crippen LogP contribution is 2.38. The van der Waals surface area contributed by atoms with Crippen LogP contribution < -0.4 is 15.6 Å². The number of likely N-dealkylation sites (N-methyl/N-ethyl adjacent to an activating group) is 1. The van der Waals surface area contributed by atoms with E-state index in [2.05, 4.69) is 22.0 Å². The predicted octanol–water partition coefficient (Wildman–Crippen LogP) is 4.18. The zero-order chi connectivity index (χ0) is 23.1. The number of carbonyl (C=O) groups is 1. The molecule has 2 aliphatic rings. The van der Waals surface area contributed by atoms with Crippen LogP contribution in [0.15, 0.2) is 47.4 Å². The second-order valence-electron chi connectivity index (χ2n) is 9.07. The van der Waals surface area contributed by atoms with Crippen molar-refractivity contribution >= 4 is 28.2 Å². The van der Waals surface area contributed by atoms with Crippen molar-refractivity contribution in [3.8, 4) is 0 Å². The van der Waals surface area contributed by atoms with E-state index in [9.17, 15) is 9.59 Å². The summed E-state index contributed by atoms with van der Waals surface area (Å²) < 4.78 is 17.2. The molecule has 33 heavy (non-hydrogen) atoms. The molecule has 1 aliphatic heterocycles. The minimum absolute atomic E-state index is 0.0404. The van der Waals surface area contributed by atoms with Crippen molar-refractivity contribution in [2.45, 2.75) is 32.7 Å². The first-order valence-electron chi connectivity index (χ1n) is 11.7. The summed E-state index contributed by atoms with van der Waals surface area (Å²) >= 11 is 0. The number of rotatable bonds is 5. The van der Waals surface area contributed by atoms with Crippen LogP contribution in [0.5, 0.6) is 0 Å². The minimum atomic E-state index is -0.472. The fourth-order valence-electron chi connectivity index (χ4n) is 4.56. The number of aryl methyl sites for hydroxylation is 1. The lowest BCUT2D eigenvalue weighted by molar-refractivity contribution is 0.102. The van der Waals surface area contributed by atoms with E-state index in [0.717, 1.165) is 51.1 Å². The van der Waals surface area contributed by atoms with Gasteiger partial charge in [0.05, 0.1) is 11.2 Å². The fourth-order valence-corrected chi connectivity index (χ4v) is 4.56. The molecule has 2 fully saturated rings. The maximum absolute atomic E-state index is 15.2. The number of amides is 1. The number of halogens is 1. The van der Waals surface area contributed by atoms with E-state index >= 15 is 4.39 Å². The Bertz CT molecular complexity index is 1260. The second kappa shape index (κ2) is 8.63. The number of pyridine rings is 1. The molecule has 0 radical (unpaired) electrons. The molecule has 0 unspecified atom stereocenters. The van der Waals surface area contributed by atoms with Gasteiger partial charge in [-0.25, -0.2) is 4.39 Å². The fraction of sp³-hybridized carbons (Fsp3) is 0.385. The first kappa shape index (κ1) is 21.6. The average molecular weight is 449 g/mol. The summed E-state index contributed by atoms with van der Waals surface area (Å²) in [5.41, 5.74) is 2.53. The van der Waals surface area contributed by atoms with E-state index in [0.29, 0.717) is 16.9 Å². The van der Waals surface area contributed by atoms with Crippen molar-refractivity contribution in [3.05, 3.63) is 69.8 Å². The molecule has 1 N–H and O–H groups in total. The average Bonchev–Trinajstić information content (AvgIpc) is 3.66. The summed E-state index contributed by atoms with van der Waals surface area (Å²) in [6.07, 6.45) is 3.63. The number of benzene rings is 2. The number of nitrogens with one attached hydrogen (secondary N) is 1. The Balaban J connectivity index is 1.54. The van der Waals surface area contributed by atoms with Crippen LogP contribution in [0.25, 0.3) is 10.9 Å². The zero-order valence-corrected chi connectivity index (χ0v) is 19.1. The minimum Gasteiger partial charge on any atom is -0.367 e. The number of hydrogen-bond acceptors (Lipinski definition) is 4. The van der Waals surface area contributed by atoms with Crippen LogP contribution in [-0.4, -0.2) is 48.1 Å². The largest absolute Gasteiger partial charge is 0.367 e. The summed E-state index contributed by atoms with van der Waals surface area (Å²) in [5, 5.41) is 3.06. The number of anilines is 2. The molecule has 7 heteroatoms. The molecule has 2 heterocycles. The number of carbonyl (C=O) groups excluding carboxylic acids is 1. The van der Waals surface area contributed by atoms with Gasteiger partial charge in [0.1, 0.15) is 11.4 Å². The highest BCUT2D eigenvalue weighted by atomic mass is 19.1. The number of nitrogens with zero attached hydrogens (tertiary/aromatic N) is 3. The van der Waals surface area contributed by atoms with Crippen LogP contribution >= 0.6 is 0 Å². The molecule has 5 rings (SSSR count). The lowest BCUT2D eigenvalue weighted by atomic mass is 10.1.